The van der Waals surface area contributed by atoms with Crippen molar-refractivity contribution in [3.05, 3.63) is 12.2 Å². The first-order valence-electron chi connectivity index (χ1n) is 5.10. The van der Waals surface area contributed by atoms with Gasteiger partial charge >= 0.3 is 5.97 Å². The number of allylic oxidation sites excluding steroid dienone is 2. The van der Waals surface area contributed by atoms with Crippen molar-refractivity contribution in [1.82, 2.24) is 0 Å². The Bertz CT molecular complexity index is 293. The molecule has 14 heavy (non-hydrogen) atoms. The maximum absolute atomic E-state index is 11.5. The highest BCUT2D eigenvalue weighted by atomic mass is 16.5. The van der Waals surface area contributed by atoms with E-state index in [9.17, 15) is 9.59 Å². The van der Waals surface area contributed by atoms with Crippen LogP contribution in [0.5, 0.6) is 0 Å². The molecule has 0 aliphatic heterocycles. The van der Waals surface area contributed by atoms with Crippen LogP contribution >= 0.6 is 0 Å². The first-order valence-corrected chi connectivity index (χ1v) is 5.10. The second-order valence-corrected chi connectivity index (χ2v) is 3.94. The molecule has 0 unspecified atom stereocenters. The highest BCUT2D eigenvalue weighted by Gasteiger charge is 2.42. The number of Topliss-reactive ketones (excluding diaryl/α,β-unsaturated/α-hetero) is 1. The zero-order chi connectivity index (χ0) is 10.1. The molecule has 0 heterocycles. The van der Waals surface area contributed by atoms with Gasteiger partial charge in [-0.05, 0) is 19.3 Å². The summed E-state index contributed by atoms with van der Waals surface area (Å²) < 4.78 is 4.96. The van der Waals surface area contributed by atoms with Crippen molar-refractivity contribution in [2.75, 3.05) is 6.61 Å². The van der Waals surface area contributed by atoms with Crippen LogP contribution in [0.25, 0.3) is 0 Å². The third-order valence-corrected chi connectivity index (χ3v) is 3.01. The molecule has 1 fully saturated rings. The van der Waals surface area contributed by atoms with Gasteiger partial charge in [0.05, 0.1) is 12.5 Å². The van der Waals surface area contributed by atoms with Gasteiger partial charge in [0.25, 0.3) is 0 Å². The smallest absolute Gasteiger partial charge is 0.309 e. The normalized spacial score (nSPS) is 34.6. The Hall–Kier alpha value is -1.12. The molecular formula is C11H14O3. The molecule has 3 atom stereocenters. The van der Waals surface area contributed by atoms with Crippen molar-refractivity contribution in [3.63, 3.8) is 0 Å². The third kappa shape index (κ3) is 1.47. The van der Waals surface area contributed by atoms with Crippen molar-refractivity contribution in [2.24, 2.45) is 17.8 Å². The molecule has 1 saturated carbocycles. The Morgan fingerprint density at radius 3 is 2.93 bits per heavy atom. The van der Waals surface area contributed by atoms with Gasteiger partial charge in [0.1, 0.15) is 5.78 Å². The van der Waals surface area contributed by atoms with E-state index in [1.54, 1.807) is 6.92 Å². The predicted octanol–water partition coefficient (Wildman–Crippen LogP) is 1.33. The lowest BCUT2D eigenvalue weighted by molar-refractivity contribution is -0.154. The minimum Gasteiger partial charge on any atom is -0.466 e. The lowest BCUT2D eigenvalue weighted by atomic mass is 9.68. The average molecular weight is 194 g/mol. The van der Waals surface area contributed by atoms with Crippen LogP contribution in [0.2, 0.25) is 0 Å². The van der Waals surface area contributed by atoms with Gasteiger partial charge in [0.15, 0.2) is 0 Å². The van der Waals surface area contributed by atoms with Gasteiger partial charge in [-0.2, -0.15) is 0 Å². The fraction of sp³-hybridized carbons (Fsp3) is 0.636. The number of hydrogen-bond acceptors (Lipinski definition) is 3. The number of rotatable bonds is 2. The molecular weight excluding hydrogens is 180 g/mol. The number of ketones is 1. The molecule has 3 rings (SSSR count). The summed E-state index contributed by atoms with van der Waals surface area (Å²) in [7, 11) is 0. The second-order valence-electron chi connectivity index (χ2n) is 3.94. The van der Waals surface area contributed by atoms with Crippen LogP contribution in [0.1, 0.15) is 19.8 Å². The fourth-order valence-corrected chi connectivity index (χ4v) is 2.33. The molecule has 2 bridgehead atoms. The first kappa shape index (κ1) is 9.44. The van der Waals surface area contributed by atoms with Gasteiger partial charge in [-0.3, -0.25) is 9.59 Å². The predicted molar refractivity (Wildman–Crippen MR) is 50.5 cm³/mol. The summed E-state index contributed by atoms with van der Waals surface area (Å²) in [6.45, 7) is 2.18. The average Bonchev–Trinajstić information content (AvgIpc) is 2.18. The quantitative estimate of drug-likeness (QED) is 0.492. The Balaban J connectivity index is 2.12. The van der Waals surface area contributed by atoms with Crippen molar-refractivity contribution < 1.29 is 14.3 Å². The van der Waals surface area contributed by atoms with Crippen LogP contribution in [0.4, 0.5) is 0 Å². The van der Waals surface area contributed by atoms with E-state index in [1.807, 2.05) is 6.08 Å². The van der Waals surface area contributed by atoms with E-state index in [2.05, 4.69) is 6.08 Å². The molecule has 3 nitrogen and oxygen atoms in total. The lowest BCUT2D eigenvalue weighted by Crippen LogP contribution is -2.39. The summed E-state index contributed by atoms with van der Waals surface area (Å²) in [5, 5.41) is 0. The van der Waals surface area contributed by atoms with E-state index in [0.29, 0.717) is 13.0 Å². The van der Waals surface area contributed by atoms with Gasteiger partial charge in [0, 0.05) is 12.3 Å². The lowest BCUT2D eigenvalue weighted by Gasteiger charge is -2.35. The minimum atomic E-state index is -0.216. The number of carbonyl (C=O) groups excluding carboxylic acids is 2. The SMILES string of the molecule is CCOC(=O)[C@H]1C[C@H]2C=C[C@@H]1C(=O)C2. The fourth-order valence-electron chi connectivity index (χ4n) is 2.33. The third-order valence-electron chi connectivity index (χ3n) is 3.01. The molecule has 0 radical (unpaired) electrons. The molecule has 0 aromatic carbocycles. The molecule has 3 aliphatic rings. The topological polar surface area (TPSA) is 43.4 Å². The molecule has 0 aromatic rings. The number of fused-ring (bicyclic) bond motifs is 2. The van der Waals surface area contributed by atoms with Crippen molar-refractivity contribution in [3.8, 4) is 0 Å². The zero-order valence-electron chi connectivity index (χ0n) is 8.23. The van der Waals surface area contributed by atoms with Crippen LogP contribution in [-0.4, -0.2) is 18.4 Å². The molecule has 3 aliphatic carbocycles. The molecule has 0 aromatic heterocycles. The molecule has 0 spiro atoms. The highest BCUT2D eigenvalue weighted by molar-refractivity contribution is 5.90. The van der Waals surface area contributed by atoms with Gasteiger partial charge in [-0.25, -0.2) is 0 Å². The van der Waals surface area contributed by atoms with Gasteiger partial charge in [-0.1, -0.05) is 12.2 Å². The standard InChI is InChI=1S/C11H14O3/c1-2-14-11(13)9-5-7-3-4-8(9)10(12)6-7/h3-4,7-9H,2,5-6H2,1H3/t7-,8+,9+/m1/s1. The first-order chi connectivity index (χ1) is 6.72. The Morgan fingerprint density at radius 1 is 1.57 bits per heavy atom. The molecule has 0 N–H and O–H groups in total. The summed E-state index contributed by atoms with van der Waals surface area (Å²) in [4.78, 5) is 23.0. The minimum absolute atomic E-state index is 0.196. The summed E-state index contributed by atoms with van der Waals surface area (Å²) in [5.41, 5.74) is 0. The summed E-state index contributed by atoms with van der Waals surface area (Å²) >= 11 is 0. The Morgan fingerprint density at radius 2 is 2.36 bits per heavy atom. The van der Waals surface area contributed by atoms with Gasteiger partial charge in [0.2, 0.25) is 0 Å². The van der Waals surface area contributed by atoms with E-state index in [-0.39, 0.29) is 29.5 Å². The second kappa shape index (κ2) is 3.56. The summed E-state index contributed by atoms with van der Waals surface area (Å²) in [5.74, 6) is -0.172. The van der Waals surface area contributed by atoms with Crippen molar-refractivity contribution in [2.45, 2.75) is 19.8 Å². The van der Waals surface area contributed by atoms with Gasteiger partial charge in [-0.15, -0.1) is 0 Å². The van der Waals surface area contributed by atoms with Gasteiger partial charge < -0.3 is 4.74 Å². The maximum atomic E-state index is 11.5. The molecule has 0 saturated heterocycles. The Labute approximate surface area is 83.1 Å². The number of hydrogen-bond donors (Lipinski definition) is 0. The largest absolute Gasteiger partial charge is 0.466 e. The van der Waals surface area contributed by atoms with E-state index >= 15 is 0 Å². The van der Waals surface area contributed by atoms with Crippen LogP contribution in [0.15, 0.2) is 12.2 Å². The van der Waals surface area contributed by atoms with Crippen molar-refractivity contribution >= 4 is 11.8 Å². The number of esters is 1. The highest BCUT2D eigenvalue weighted by Crippen LogP contribution is 2.38. The molecule has 0 amide bonds. The van der Waals surface area contributed by atoms with Crippen LogP contribution in [-0.2, 0) is 14.3 Å². The number of ether oxygens (including phenoxy) is 1. The van der Waals surface area contributed by atoms with Crippen LogP contribution in [0, 0.1) is 17.8 Å². The van der Waals surface area contributed by atoms with E-state index in [1.165, 1.54) is 0 Å². The Kier molecular flexibility index (Phi) is 2.40. The van der Waals surface area contributed by atoms with E-state index < -0.39 is 0 Å². The van der Waals surface area contributed by atoms with Crippen molar-refractivity contribution in [1.29, 1.82) is 0 Å². The summed E-state index contributed by atoms with van der Waals surface area (Å²) in [6, 6.07) is 0. The van der Waals surface area contributed by atoms with Crippen LogP contribution in [0.3, 0.4) is 0 Å². The monoisotopic (exact) mass is 194 g/mol. The molecule has 76 valence electrons. The van der Waals surface area contributed by atoms with E-state index in [4.69, 9.17) is 4.74 Å². The maximum Gasteiger partial charge on any atom is 0.309 e. The van der Waals surface area contributed by atoms with Crippen LogP contribution < -0.4 is 0 Å². The zero-order valence-corrected chi connectivity index (χ0v) is 8.23. The molecule has 3 heteroatoms. The summed E-state index contributed by atoms with van der Waals surface area (Å²) in [6.07, 6.45) is 5.33. The number of carbonyl (C=O) groups is 2. The van der Waals surface area contributed by atoms with E-state index in [0.717, 1.165) is 6.42 Å².